The van der Waals surface area contributed by atoms with Gasteiger partial charge in [0, 0.05) is 0 Å². The molecule has 5 nitrogen and oxygen atoms in total. The fraction of sp³-hybridized carbons (Fsp3) is 0.800. The van der Waals surface area contributed by atoms with Crippen molar-refractivity contribution in [2.24, 2.45) is 11.8 Å². The van der Waals surface area contributed by atoms with Crippen LogP contribution in [0.2, 0.25) is 0 Å². The molecule has 0 saturated heterocycles. The number of ether oxygens (including phenoxy) is 1. The minimum absolute atomic E-state index is 0.0539. The summed E-state index contributed by atoms with van der Waals surface area (Å²) in [5.74, 6) is -2.58. The molecule has 0 bridgehead atoms. The van der Waals surface area contributed by atoms with Gasteiger partial charge in [-0.3, -0.25) is 9.59 Å². The minimum atomic E-state index is -0.930. The molecule has 86 valence electrons. The quantitative estimate of drug-likeness (QED) is 0.665. The molecule has 0 heterocycles. The van der Waals surface area contributed by atoms with E-state index in [0.717, 1.165) is 12.8 Å². The standard InChI is InChI=1S/C10H16O5/c11-5-6-15-10(14)8-4-2-1-3-7(8)9(12)13/h7-8,11H,1-6H2,(H,12,13). The Labute approximate surface area is 88.0 Å². The van der Waals surface area contributed by atoms with Gasteiger partial charge in [-0.2, -0.15) is 0 Å². The van der Waals surface area contributed by atoms with E-state index < -0.39 is 23.8 Å². The highest BCUT2D eigenvalue weighted by Crippen LogP contribution is 2.31. The third-order valence-electron chi connectivity index (χ3n) is 2.72. The van der Waals surface area contributed by atoms with Crippen molar-refractivity contribution in [3.8, 4) is 0 Å². The van der Waals surface area contributed by atoms with E-state index >= 15 is 0 Å². The first kappa shape index (κ1) is 12.0. The lowest BCUT2D eigenvalue weighted by atomic mass is 9.79. The number of carbonyl (C=O) groups excluding carboxylic acids is 1. The second kappa shape index (κ2) is 5.70. The molecule has 0 spiro atoms. The van der Waals surface area contributed by atoms with Gasteiger partial charge in [0.1, 0.15) is 6.61 Å². The van der Waals surface area contributed by atoms with E-state index in [1.165, 1.54) is 0 Å². The molecular formula is C10H16O5. The number of esters is 1. The van der Waals surface area contributed by atoms with Crippen molar-refractivity contribution >= 4 is 11.9 Å². The summed E-state index contributed by atoms with van der Waals surface area (Å²) in [6.07, 6.45) is 2.82. The summed E-state index contributed by atoms with van der Waals surface area (Å²) in [5.41, 5.74) is 0. The molecule has 0 aromatic rings. The molecule has 5 heteroatoms. The highest BCUT2D eigenvalue weighted by atomic mass is 16.5. The molecule has 2 atom stereocenters. The third-order valence-corrected chi connectivity index (χ3v) is 2.72. The summed E-state index contributed by atoms with van der Waals surface area (Å²) < 4.78 is 4.76. The summed E-state index contributed by atoms with van der Waals surface area (Å²) in [5, 5.41) is 17.4. The Hall–Kier alpha value is -1.10. The van der Waals surface area contributed by atoms with Crippen LogP contribution in [0.1, 0.15) is 25.7 Å². The maximum absolute atomic E-state index is 11.5. The van der Waals surface area contributed by atoms with Gasteiger partial charge in [0.15, 0.2) is 0 Å². The van der Waals surface area contributed by atoms with Crippen LogP contribution in [0.5, 0.6) is 0 Å². The van der Waals surface area contributed by atoms with Crippen molar-refractivity contribution in [1.82, 2.24) is 0 Å². The molecule has 0 amide bonds. The first-order chi connectivity index (χ1) is 7.16. The molecule has 2 unspecified atom stereocenters. The van der Waals surface area contributed by atoms with Crippen LogP contribution in [-0.4, -0.2) is 35.4 Å². The zero-order valence-electron chi connectivity index (χ0n) is 8.52. The van der Waals surface area contributed by atoms with E-state index in [1.807, 2.05) is 0 Å². The first-order valence-corrected chi connectivity index (χ1v) is 5.17. The minimum Gasteiger partial charge on any atom is -0.481 e. The van der Waals surface area contributed by atoms with Gasteiger partial charge in [0.25, 0.3) is 0 Å². The second-order valence-electron chi connectivity index (χ2n) is 3.73. The average Bonchev–Trinajstić information content (AvgIpc) is 2.25. The summed E-state index contributed by atoms with van der Waals surface area (Å²) in [4.78, 5) is 22.4. The molecule has 1 fully saturated rings. The van der Waals surface area contributed by atoms with E-state index in [0.29, 0.717) is 12.8 Å². The zero-order valence-corrected chi connectivity index (χ0v) is 8.52. The second-order valence-corrected chi connectivity index (χ2v) is 3.73. The predicted octanol–water partition coefficient (Wildman–Crippen LogP) is 0.413. The molecule has 0 aliphatic heterocycles. The van der Waals surface area contributed by atoms with Gasteiger partial charge in [-0.15, -0.1) is 0 Å². The number of rotatable bonds is 4. The Bertz CT molecular complexity index is 238. The first-order valence-electron chi connectivity index (χ1n) is 5.17. The van der Waals surface area contributed by atoms with Crippen LogP contribution in [0.15, 0.2) is 0 Å². The summed E-state index contributed by atoms with van der Waals surface area (Å²) in [6.45, 7) is -0.280. The van der Waals surface area contributed by atoms with Crippen LogP contribution in [0.4, 0.5) is 0 Å². The van der Waals surface area contributed by atoms with E-state index in [1.54, 1.807) is 0 Å². The lowest BCUT2D eigenvalue weighted by Gasteiger charge is -2.26. The molecule has 1 rings (SSSR count). The van der Waals surface area contributed by atoms with Crippen LogP contribution in [-0.2, 0) is 14.3 Å². The predicted molar refractivity (Wildman–Crippen MR) is 51.1 cm³/mol. The van der Waals surface area contributed by atoms with E-state index in [4.69, 9.17) is 14.9 Å². The number of carboxylic acids is 1. The highest BCUT2D eigenvalue weighted by Gasteiger charge is 2.36. The maximum Gasteiger partial charge on any atom is 0.309 e. The summed E-state index contributed by atoms with van der Waals surface area (Å²) in [7, 11) is 0. The molecule has 0 aromatic heterocycles. The number of carbonyl (C=O) groups is 2. The van der Waals surface area contributed by atoms with Gasteiger partial charge in [-0.25, -0.2) is 0 Å². The number of aliphatic hydroxyl groups is 1. The fourth-order valence-corrected chi connectivity index (χ4v) is 1.96. The SMILES string of the molecule is O=C(O)C1CCCCC1C(=O)OCCO. The molecule has 1 saturated carbocycles. The average molecular weight is 216 g/mol. The van der Waals surface area contributed by atoms with Crippen molar-refractivity contribution in [2.75, 3.05) is 13.2 Å². The van der Waals surface area contributed by atoms with Crippen LogP contribution >= 0.6 is 0 Å². The molecular weight excluding hydrogens is 200 g/mol. The smallest absolute Gasteiger partial charge is 0.309 e. The van der Waals surface area contributed by atoms with Crippen LogP contribution in [0.3, 0.4) is 0 Å². The molecule has 15 heavy (non-hydrogen) atoms. The van der Waals surface area contributed by atoms with E-state index in [2.05, 4.69) is 0 Å². The fourth-order valence-electron chi connectivity index (χ4n) is 1.96. The molecule has 0 radical (unpaired) electrons. The third kappa shape index (κ3) is 3.20. The Morgan fingerprint density at radius 3 is 2.33 bits per heavy atom. The lowest BCUT2D eigenvalue weighted by molar-refractivity contribution is -0.160. The Morgan fingerprint density at radius 1 is 1.20 bits per heavy atom. The van der Waals surface area contributed by atoms with E-state index in [-0.39, 0.29) is 13.2 Å². The number of aliphatic carboxylic acids is 1. The maximum atomic E-state index is 11.5. The Kier molecular flexibility index (Phi) is 4.55. The zero-order chi connectivity index (χ0) is 11.3. The summed E-state index contributed by atoms with van der Waals surface area (Å²) >= 11 is 0. The molecule has 1 aliphatic carbocycles. The Morgan fingerprint density at radius 2 is 1.80 bits per heavy atom. The van der Waals surface area contributed by atoms with Crippen molar-refractivity contribution in [3.05, 3.63) is 0 Å². The van der Waals surface area contributed by atoms with Crippen molar-refractivity contribution < 1.29 is 24.5 Å². The topological polar surface area (TPSA) is 83.8 Å². The summed E-state index contributed by atoms with van der Waals surface area (Å²) in [6, 6.07) is 0. The van der Waals surface area contributed by atoms with Gasteiger partial charge in [0.2, 0.25) is 0 Å². The van der Waals surface area contributed by atoms with Gasteiger partial charge in [-0.1, -0.05) is 12.8 Å². The van der Waals surface area contributed by atoms with Crippen molar-refractivity contribution in [2.45, 2.75) is 25.7 Å². The lowest BCUT2D eigenvalue weighted by Crippen LogP contribution is -2.34. The number of hydrogen-bond donors (Lipinski definition) is 2. The highest BCUT2D eigenvalue weighted by molar-refractivity contribution is 5.81. The number of carboxylic acid groups (broad SMARTS) is 1. The van der Waals surface area contributed by atoms with Gasteiger partial charge >= 0.3 is 11.9 Å². The monoisotopic (exact) mass is 216 g/mol. The molecule has 2 N–H and O–H groups in total. The van der Waals surface area contributed by atoms with Gasteiger partial charge < -0.3 is 14.9 Å². The van der Waals surface area contributed by atoms with Crippen LogP contribution < -0.4 is 0 Å². The molecule has 0 aromatic carbocycles. The normalized spacial score (nSPS) is 25.9. The van der Waals surface area contributed by atoms with Crippen LogP contribution in [0, 0.1) is 11.8 Å². The van der Waals surface area contributed by atoms with Gasteiger partial charge in [0.05, 0.1) is 18.4 Å². The number of hydrogen-bond acceptors (Lipinski definition) is 4. The van der Waals surface area contributed by atoms with Crippen molar-refractivity contribution in [1.29, 1.82) is 0 Å². The van der Waals surface area contributed by atoms with Crippen molar-refractivity contribution in [3.63, 3.8) is 0 Å². The van der Waals surface area contributed by atoms with Crippen LogP contribution in [0.25, 0.3) is 0 Å². The largest absolute Gasteiger partial charge is 0.481 e. The Balaban J connectivity index is 2.55. The number of aliphatic hydroxyl groups excluding tert-OH is 1. The van der Waals surface area contributed by atoms with Gasteiger partial charge in [-0.05, 0) is 12.8 Å². The van der Waals surface area contributed by atoms with E-state index in [9.17, 15) is 9.59 Å². The molecule has 1 aliphatic rings.